The molecule has 1 N–H and O–H groups in total. The Hall–Kier alpha value is -2.49. The zero-order chi connectivity index (χ0) is 12.8. The molecule has 1 heterocycles. The first kappa shape index (κ1) is 12.0. The molecule has 0 saturated carbocycles. The van der Waals surface area contributed by atoms with Crippen molar-refractivity contribution in [2.75, 3.05) is 5.32 Å². The highest BCUT2D eigenvalue weighted by atomic mass is 16.1. The zero-order valence-corrected chi connectivity index (χ0v) is 10.00. The highest BCUT2D eigenvalue weighted by molar-refractivity contribution is 6.05. The first-order valence-corrected chi connectivity index (χ1v) is 5.56. The second-order valence-corrected chi connectivity index (χ2v) is 3.79. The Bertz CT molecular complexity index is 550. The molecule has 1 aromatic carbocycles. The van der Waals surface area contributed by atoms with E-state index in [1.165, 1.54) is 6.33 Å². The normalized spacial score (nSPS) is 11.1. The molecular formula is C14H13N3O. The van der Waals surface area contributed by atoms with E-state index in [-0.39, 0.29) is 5.91 Å². The van der Waals surface area contributed by atoms with Crippen molar-refractivity contribution in [1.82, 2.24) is 9.97 Å². The van der Waals surface area contributed by atoms with Gasteiger partial charge in [-0.05, 0) is 24.6 Å². The third kappa shape index (κ3) is 3.25. The fourth-order valence-corrected chi connectivity index (χ4v) is 1.44. The Morgan fingerprint density at radius 2 is 2.00 bits per heavy atom. The van der Waals surface area contributed by atoms with Gasteiger partial charge in [-0.2, -0.15) is 0 Å². The van der Waals surface area contributed by atoms with Crippen LogP contribution in [0.4, 0.5) is 5.82 Å². The van der Waals surface area contributed by atoms with Crippen molar-refractivity contribution >= 4 is 17.8 Å². The van der Waals surface area contributed by atoms with Crippen LogP contribution in [0.3, 0.4) is 0 Å². The molecule has 0 saturated heterocycles. The number of nitrogens with one attached hydrogen (secondary N) is 1. The maximum absolute atomic E-state index is 11.9. The Kier molecular flexibility index (Phi) is 3.81. The third-order valence-electron chi connectivity index (χ3n) is 2.36. The molecule has 90 valence electrons. The van der Waals surface area contributed by atoms with E-state index in [9.17, 15) is 4.79 Å². The van der Waals surface area contributed by atoms with Gasteiger partial charge in [0.2, 0.25) is 0 Å². The van der Waals surface area contributed by atoms with E-state index in [0.717, 1.165) is 5.56 Å². The lowest BCUT2D eigenvalue weighted by atomic mass is 10.1. The average Bonchev–Trinajstić information content (AvgIpc) is 2.41. The summed E-state index contributed by atoms with van der Waals surface area (Å²) in [7, 11) is 0. The lowest BCUT2D eigenvalue weighted by Gasteiger charge is -2.03. The van der Waals surface area contributed by atoms with E-state index in [1.54, 1.807) is 19.2 Å². The van der Waals surface area contributed by atoms with Gasteiger partial charge in [-0.3, -0.25) is 4.79 Å². The molecule has 4 nitrogen and oxygen atoms in total. The summed E-state index contributed by atoms with van der Waals surface area (Å²) in [4.78, 5) is 19.6. The Morgan fingerprint density at radius 3 is 2.67 bits per heavy atom. The SMILES string of the molecule is CC(=Cc1ccccc1)C(=O)Nc1ccncn1. The second kappa shape index (κ2) is 5.72. The molecule has 0 radical (unpaired) electrons. The third-order valence-corrected chi connectivity index (χ3v) is 2.36. The molecule has 0 bridgehead atoms. The molecule has 18 heavy (non-hydrogen) atoms. The molecule has 4 heteroatoms. The molecule has 0 aliphatic heterocycles. The quantitative estimate of drug-likeness (QED) is 0.837. The van der Waals surface area contributed by atoms with Crippen molar-refractivity contribution in [1.29, 1.82) is 0 Å². The van der Waals surface area contributed by atoms with E-state index in [2.05, 4.69) is 15.3 Å². The smallest absolute Gasteiger partial charge is 0.252 e. The predicted molar refractivity (Wildman–Crippen MR) is 70.8 cm³/mol. The van der Waals surface area contributed by atoms with Gasteiger partial charge in [0.15, 0.2) is 0 Å². The van der Waals surface area contributed by atoms with Gasteiger partial charge in [0.25, 0.3) is 5.91 Å². The molecule has 0 aliphatic carbocycles. The van der Waals surface area contributed by atoms with Crippen LogP contribution in [0.15, 0.2) is 54.5 Å². The summed E-state index contributed by atoms with van der Waals surface area (Å²) in [6.07, 6.45) is 4.81. The minimum atomic E-state index is -0.169. The van der Waals surface area contributed by atoms with Crippen LogP contribution in [-0.2, 0) is 4.79 Å². The molecule has 1 amide bonds. The van der Waals surface area contributed by atoms with Crippen molar-refractivity contribution in [3.8, 4) is 0 Å². The first-order valence-electron chi connectivity index (χ1n) is 5.56. The molecule has 0 fully saturated rings. The maximum Gasteiger partial charge on any atom is 0.252 e. The van der Waals surface area contributed by atoms with Crippen molar-refractivity contribution < 1.29 is 4.79 Å². The monoisotopic (exact) mass is 239 g/mol. The van der Waals surface area contributed by atoms with Gasteiger partial charge in [0, 0.05) is 11.8 Å². The van der Waals surface area contributed by atoms with Gasteiger partial charge in [0.05, 0.1) is 0 Å². The topological polar surface area (TPSA) is 54.9 Å². The highest BCUT2D eigenvalue weighted by Gasteiger charge is 2.05. The lowest BCUT2D eigenvalue weighted by molar-refractivity contribution is -0.112. The van der Waals surface area contributed by atoms with Crippen LogP contribution < -0.4 is 5.32 Å². The van der Waals surface area contributed by atoms with E-state index >= 15 is 0 Å². The summed E-state index contributed by atoms with van der Waals surface area (Å²) in [5, 5.41) is 2.70. The molecule has 2 rings (SSSR count). The van der Waals surface area contributed by atoms with Crippen LogP contribution in [0, 0.1) is 0 Å². The van der Waals surface area contributed by atoms with Gasteiger partial charge < -0.3 is 5.32 Å². The summed E-state index contributed by atoms with van der Waals surface area (Å²) < 4.78 is 0. The van der Waals surface area contributed by atoms with Crippen LogP contribution >= 0.6 is 0 Å². The molecule has 0 atom stereocenters. The minimum absolute atomic E-state index is 0.169. The Labute approximate surface area is 105 Å². The Balaban J connectivity index is 2.08. The van der Waals surface area contributed by atoms with Crippen molar-refractivity contribution in [2.24, 2.45) is 0 Å². The largest absolute Gasteiger partial charge is 0.307 e. The van der Waals surface area contributed by atoms with Gasteiger partial charge in [-0.25, -0.2) is 9.97 Å². The van der Waals surface area contributed by atoms with Crippen LogP contribution in [0.25, 0.3) is 6.08 Å². The number of amides is 1. The fourth-order valence-electron chi connectivity index (χ4n) is 1.44. The van der Waals surface area contributed by atoms with Gasteiger partial charge in [-0.15, -0.1) is 0 Å². The fraction of sp³-hybridized carbons (Fsp3) is 0.0714. The van der Waals surface area contributed by atoms with E-state index in [1.807, 2.05) is 36.4 Å². The van der Waals surface area contributed by atoms with Crippen molar-refractivity contribution in [3.05, 3.63) is 60.1 Å². The number of anilines is 1. The summed E-state index contributed by atoms with van der Waals surface area (Å²) in [6, 6.07) is 11.3. The predicted octanol–water partition coefficient (Wildman–Crippen LogP) is 2.52. The number of benzene rings is 1. The van der Waals surface area contributed by atoms with E-state index in [4.69, 9.17) is 0 Å². The average molecular weight is 239 g/mol. The molecule has 0 unspecified atom stereocenters. The van der Waals surface area contributed by atoms with E-state index < -0.39 is 0 Å². The number of rotatable bonds is 3. The summed E-state index contributed by atoms with van der Waals surface area (Å²) in [6.45, 7) is 1.77. The van der Waals surface area contributed by atoms with Gasteiger partial charge in [0.1, 0.15) is 12.1 Å². The molecule has 1 aromatic heterocycles. The number of nitrogens with zero attached hydrogens (tertiary/aromatic N) is 2. The zero-order valence-electron chi connectivity index (χ0n) is 10.00. The van der Waals surface area contributed by atoms with Crippen molar-refractivity contribution in [2.45, 2.75) is 6.92 Å². The van der Waals surface area contributed by atoms with Crippen LogP contribution in [0.5, 0.6) is 0 Å². The van der Waals surface area contributed by atoms with Crippen LogP contribution in [0.2, 0.25) is 0 Å². The van der Waals surface area contributed by atoms with Gasteiger partial charge >= 0.3 is 0 Å². The van der Waals surface area contributed by atoms with E-state index in [0.29, 0.717) is 11.4 Å². The Morgan fingerprint density at radius 1 is 1.22 bits per heavy atom. The second-order valence-electron chi connectivity index (χ2n) is 3.79. The molecule has 2 aromatic rings. The lowest BCUT2D eigenvalue weighted by Crippen LogP contribution is -2.13. The number of hydrogen-bond donors (Lipinski definition) is 1. The highest BCUT2D eigenvalue weighted by Crippen LogP contribution is 2.08. The van der Waals surface area contributed by atoms with Crippen LogP contribution in [0.1, 0.15) is 12.5 Å². The summed E-state index contributed by atoms with van der Waals surface area (Å²) in [5.41, 5.74) is 1.62. The molecule has 0 spiro atoms. The molecular weight excluding hydrogens is 226 g/mol. The summed E-state index contributed by atoms with van der Waals surface area (Å²) in [5.74, 6) is 0.327. The number of carbonyl (C=O) groups is 1. The standard InChI is InChI=1S/C14H13N3O/c1-11(9-12-5-3-2-4-6-12)14(18)17-13-7-8-15-10-16-13/h2-10H,1H3,(H,15,16,17,18). The maximum atomic E-state index is 11.9. The van der Waals surface area contributed by atoms with Crippen LogP contribution in [-0.4, -0.2) is 15.9 Å². The number of aromatic nitrogens is 2. The first-order chi connectivity index (χ1) is 8.75. The number of carbonyl (C=O) groups excluding carboxylic acids is 1. The number of hydrogen-bond acceptors (Lipinski definition) is 3. The van der Waals surface area contributed by atoms with Crippen molar-refractivity contribution in [3.63, 3.8) is 0 Å². The molecule has 0 aliphatic rings. The van der Waals surface area contributed by atoms with Gasteiger partial charge in [-0.1, -0.05) is 30.3 Å². The minimum Gasteiger partial charge on any atom is -0.307 e. The summed E-state index contributed by atoms with van der Waals surface area (Å²) >= 11 is 0.